The molecule has 2 heterocycles. The second kappa shape index (κ2) is 12.1. The van der Waals surface area contributed by atoms with Crippen molar-refractivity contribution in [2.24, 2.45) is 4.99 Å². The van der Waals surface area contributed by atoms with Crippen molar-refractivity contribution >= 4 is 51.3 Å². The van der Waals surface area contributed by atoms with Gasteiger partial charge in [0.15, 0.2) is 5.96 Å². The predicted molar refractivity (Wildman–Crippen MR) is 139 cm³/mol. The first kappa shape index (κ1) is 26.0. The van der Waals surface area contributed by atoms with Crippen LogP contribution >= 0.6 is 35.3 Å². The molecule has 31 heavy (non-hydrogen) atoms. The third kappa shape index (κ3) is 7.14. The van der Waals surface area contributed by atoms with Gasteiger partial charge in [0.1, 0.15) is 0 Å². The number of aryl methyl sites for hydroxylation is 1. The molecule has 1 saturated heterocycles. The third-order valence-electron chi connectivity index (χ3n) is 5.03. The van der Waals surface area contributed by atoms with E-state index in [1.807, 2.05) is 26.1 Å². The normalized spacial score (nSPS) is 16.0. The van der Waals surface area contributed by atoms with Gasteiger partial charge in [-0.05, 0) is 44.7 Å². The van der Waals surface area contributed by atoms with Crippen LogP contribution in [-0.4, -0.2) is 63.4 Å². The molecule has 10 heteroatoms. The molecule has 1 fully saturated rings. The van der Waals surface area contributed by atoms with Crippen molar-refractivity contribution in [1.29, 1.82) is 0 Å². The van der Waals surface area contributed by atoms with Crippen LogP contribution in [0.3, 0.4) is 0 Å². The smallest absolute Gasteiger partial charge is 0.243 e. The Labute approximate surface area is 207 Å². The number of likely N-dealkylation sites (N-methyl/N-ethyl adjacent to an activating group) is 1. The molecule has 0 unspecified atom stereocenters. The highest BCUT2D eigenvalue weighted by molar-refractivity contribution is 14.0. The third-order valence-corrected chi connectivity index (χ3v) is 8.03. The molecule has 1 aliphatic rings. The average molecular weight is 578 g/mol. The Bertz CT molecular complexity index is 970. The molecule has 1 aromatic carbocycles. The van der Waals surface area contributed by atoms with Crippen LogP contribution in [0.2, 0.25) is 0 Å². The number of rotatable bonds is 7. The number of hydrogen-bond acceptors (Lipinski definition) is 5. The largest absolute Gasteiger partial charge is 0.357 e. The highest BCUT2D eigenvalue weighted by Crippen LogP contribution is 2.22. The van der Waals surface area contributed by atoms with Gasteiger partial charge in [-0.1, -0.05) is 18.2 Å². The van der Waals surface area contributed by atoms with Crippen molar-refractivity contribution in [2.75, 3.05) is 39.8 Å². The van der Waals surface area contributed by atoms with Crippen molar-refractivity contribution in [3.05, 3.63) is 51.7 Å². The van der Waals surface area contributed by atoms with Crippen molar-refractivity contribution < 1.29 is 8.42 Å². The predicted octanol–water partition coefficient (Wildman–Crippen LogP) is 2.87. The van der Waals surface area contributed by atoms with E-state index >= 15 is 0 Å². The fourth-order valence-electron chi connectivity index (χ4n) is 3.31. The summed E-state index contributed by atoms with van der Waals surface area (Å²) >= 11 is 1.75. The summed E-state index contributed by atoms with van der Waals surface area (Å²) in [4.78, 5) is 9.65. The summed E-state index contributed by atoms with van der Waals surface area (Å²) in [6, 6.07) is 11.4. The van der Waals surface area contributed by atoms with Gasteiger partial charge < -0.3 is 15.5 Å². The number of halogens is 1. The standard InChI is InChI=1S/C21H31N5O2S2.HI/c1-4-22-21(24-16-19-10-9-17(2)29-19)23-15-18-7-5-6-8-20(18)30(27,28)26-13-11-25(3)12-14-26;/h5-10H,4,11-16H2,1-3H3,(H2,22,23,24);1H. The Morgan fingerprint density at radius 1 is 1.10 bits per heavy atom. The number of thiophene rings is 1. The number of benzene rings is 1. The first-order valence-electron chi connectivity index (χ1n) is 10.2. The molecule has 1 aromatic heterocycles. The van der Waals surface area contributed by atoms with E-state index < -0.39 is 10.0 Å². The van der Waals surface area contributed by atoms with E-state index in [9.17, 15) is 8.42 Å². The van der Waals surface area contributed by atoms with Gasteiger partial charge in [0.05, 0.1) is 18.0 Å². The lowest BCUT2D eigenvalue weighted by atomic mass is 10.2. The molecule has 172 valence electrons. The molecule has 0 aliphatic carbocycles. The van der Waals surface area contributed by atoms with E-state index in [1.54, 1.807) is 27.8 Å². The Hall–Kier alpha value is -1.21. The van der Waals surface area contributed by atoms with Crippen LogP contribution in [0.25, 0.3) is 0 Å². The van der Waals surface area contributed by atoms with Crippen LogP contribution in [0, 0.1) is 6.92 Å². The average Bonchev–Trinajstić information content (AvgIpc) is 3.16. The monoisotopic (exact) mass is 577 g/mol. The first-order chi connectivity index (χ1) is 14.4. The van der Waals surface area contributed by atoms with Crippen molar-refractivity contribution in [3.8, 4) is 0 Å². The molecule has 0 radical (unpaired) electrons. The Morgan fingerprint density at radius 2 is 1.81 bits per heavy atom. The fraction of sp³-hybridized carbons (Fsp3) is 0.476. The van der Waals surface area contributed by atoms with Crippen molar-refractivity contribution in [3.63, 3.8) is 0 Å². The molecule has 0 atom stereocenters. The summed E-state index contributed by atoms with van der Waals surface area (Å²) in [7, 11) is -1.52. The maximum absolute atomic E-state index is 13.2. The molecule has 7 nitrogen and oxygen atoms in total. The lowest BCUT2D eigenvalue weighted by Crippen LogP contribution is -2.47. The van der Waals surface area contributed by atoms with Crippen LogP contribution in [0.1, 0.15) is 22.2 Å². The maximum atomic E-state index is 13.2. The van der Waals surface area contributed by atoms with Gasteiger partial charge in [-0.2, -0.15) is 4.31 Å². The Morgan fingerprint density at radius 3 is 2.45 bits per heavy atom. The quantitative estimate of drug-likeness (QED) is 0.301. The van der Waals surface area contributed by atoms with Gasteiger partial charge in [-0.3, -0.25) is 0 Å². The van der Waals surface area contributed by atoms with Crippen LogP contribution in [0.15, 0.2) is 46.3 Å². The molecule has 0 bridgehead atoms. The van der Waals surface area contributed by atoms with Crippen LogP contribution in [0.5, 0.6) is 0 Å². The summed E-state index contributed by atoms with van der Waals surface area (Å²) < 4.78 is 28.0. The van der Waals surface area contributed by atoms with Gasteiger partial charge in [0.2, 0.25) is 10.0 Å². The van der Waals surface area contributed by atoms with Crippen LogP contribution in [-0.2, 0) is 23.1 Å². The molecular formula is C21H32IN5O2S2. The molecule has 1 aliphatic heterocycles. The number of nitrogens with one attached hydrogen (secondary N) is 2. The molecule has 0 spiro atoms. The number of aliphatic imine (C=N–C) groups is 1. The zero-order valence-corrected chi connectivity index (χ0v) is 22.3. The minimum atomic E-state index is -3.53. The number of hydrogen-bond donors (Lipinski definition) is 2. The molecule has 2 N–H and O–H groups in total. The second-order valence-corrected chi connectivity index (χ2v) is 10.7. The Balaban J connectivity index is 0.00000341. The maximum Gasteiger partial charge on any atom is 0.243 e. The summed E-state index contributed by atoms with van der Waals surface area (Å²) in [6.45, 7) is 8.34. The molecule has 3 rings (SSSR count). The molecule has 0 saturated carbocycles. The fourth-order valence-corrected chi connectivity index (χ4v) is 5.78. The second-order valence-electron chi connectivity index (χ2n) is 7.38. The minimum absolute atomic E-state index is 0. The summed E-state index contributed by atoms with van der Waals surface area (Å²) in [6.07, 6.45) is 0. The SMILES string of the molecule is CCNC(=NCc1ccccc1S(=O)(=O)N1CCN(C)CC1)NCc1ccc(C)s1.I. The Kier molecular flexibility index (Phi) is 10.2. The lowest BCUT2D eigenvalue weighted by Gasteiger charge is -2.32. The number of nitrogens with zero attached hydrogens (tertiary/aromatic N) is 3. The van der Waals surface area contributed by atoms with E-state index in [0.717, 1.165) is 19.6 Å². The van der Waals surface area contributed by atoms with Gasteiger partial charge in [-0.15, -0.1) is 35.3 Å². The summed E-state index contributed by atoms with van der Waals surface area (Å²) in [5, 5.41) is 6.57. The lowest BCUT2D eigenvalue weighted by molar-refractivity contribution is 0.222. The minimum Gasteiger partial charge on any atom is -0.357 e. The first-order valence-corrected chi connectivity index (χ1v) is 12.5. The topological polar surface area (TPSA) is 77.0 Å². The van der Waals surface area contributed by atoms with Gasteiger partial charge in [0, 0.05) is 42.5 Å². The number of guanidine groups is 1. The highest BCUT2D eigenvalue weighted by Gasteiger charge is 2.29. The van der Waals surface area contributed by atoms with Crippen molar-refractivity contribution in [1.82, 2.24) is 19.8 Å². The van der Waals surface area contributed by atoms with Crippen LogP contribution < -0.4 is 10.6 Å². The van der Waals surface area contributed by atoms with E-state index in [1.165, 1.54) is 9.75 Å². The van der Waals surface area contributed by atoms with Gasteiger partial charge >= 0.3 is 0 Å². The zero-order chi connectivity index (χ0) is 21.6. The number of piperazine rings is 1. The molecule has 0 amide bonds. The van der Waals surface area contributed by atoms with Gasteiger partial charge in [-0.25, -0.2) is 13.4 Å². The van der Waals surface area contributed by atoms with Crippen LogP contribution in [0.4, 0.5) is 0 Å². The van der Waals surface area contributed by atoms with E-state index in [2.05, 4.69) is 39.6 Å². The van der Waals surface area contributed by atoms with E-state index in [-0.39, 0.29) is 24.0 Å². The summed E-state index contributed by atoms with van der Waals surface area (Å²) in [5.41, 5.74) is 0.709. The highest BCUT2D eigenvalue weighted by atomic mass is 127. The van der Waals surface area contributed by atoms with E-state index in [4.69, 9.17) is 0 Å². The van der Waals surface area contributed by atoms with Crippen molar-refractivity contribution in [2.45, 2.75) is 31.8 Å². The summed E-state index contributed by atoms with van der Waals surface area (Å²) in [5.74, 6) is 0.676. The number of sulfonamides is 1. The zero-order valence-electron chi connectivity index (χ0n) is 18.3. The molecule has 2 aromatic rings. The van der Waals surface area contributed by atoms with E-state index in [0.29, 0.717) is 42.6 Å². The van der Waals surface area contributed by atoms with Gasteiger partial charge in [0.25, 0.3) is 0 Å². The molecular weight excluding hydrogens is 545 g/mol.